The highest BCUT2D eigenvalue weighted by atomic mass is 14.4. The molecule has 238 valence electrons. The van der Waals surface area contributed by atoms with Crippen molar-refractivity contribution in [3.8, 4) is 0 Å². The van der Waals surface area contributed by atoms with Crippen molar-refractivity contribution in [2.24, 2.45) is 71.0 Å². The van der Waals surface area contributed by atoms with E-state index in [-0.39, 0.29) is 0 Å². The highest BCUT2D eigenvalue weighted by molar-refractivity contribution is 5.18. The van der Waals surface area contributed by atoms with Gasteiger partial charge in [0, 0.05) is 0 Å². The quantitative estimate of drug-likeness (QED) is 0.269. The van der Waals surface area contributed by atoms with Crippen LogP contribution in [0.15, 0.2) is 11.6 Å². The van der Waals surface area contributed by atoms with E-state index in [1.54, 1.807) is 25.7 Å². The molecule has 0 radical (unpaired) electrons. The normalized spacial score (nSPS) is 41.2. The predicted molar refractivity (Wildman–Crippen MR) is 182 cm³/mol. The van der Waals surface area contributed by atoms with Gasteiger partial charge in [-0.25, -0.2) is 0 Å². The average molecular weight is 567 g/mol. The molecule has 4 saturated carbocycles. The molecule has 0 saturated heterocycles. The molecule has 0 aliphatic heterocycles. The van der Waals surface area contributed by atoms with E-state index in [4.69, 9.17) is 0 Å². The molecule has 4 fully saturated rings. The van der Waals surface area contributed by atoms with Crippen molar-refractivity contribution in [2.75, 3.05) is 0 Å². The second-order valence-electron chi connectivity index (χ2n) is 17.5. The molecule has 3 atom stereocenters. The fourth-order valence-corrected chi connectivity index (χ4v) is 10.1. The molecule has 5 rings (SSSR count). The molecule has 0 heterocycles. The molecule has 3 unspecified atom stereocenters. The van der Waals surface area contributed by atoms with Gasteiger partial charge in [0.25, 0.3) is 0 Å². The summed E-state index contributed by atoms with van der Waals surface area (Å²) >= 11 is 0. The Balaban J connectivity index is 0.000000231. The standard InChI is InChI=1S/C27H48.C14H26/c1-19(2)6-16-25(23-12-7-20(3)8-13-23)27-18-22(5)11-17-26(27)24-14-9-21(4)10-15-24;1-11-3-7-13(8-4-11)14-9-5-12(2)6-10-14/h18-26H,6-17H2,1-5H3;11-14H,3-10H2,1-2H3. The van der Waals surface area contributed by atoms with Gasteiger partial charge in [0.05, 0.1) is 0 Å². The van der Waals surface area contributed by atoms with Gasteiger partial charge in [-0.3, -0.25) is 0 Å². The summed E-state index contributed by atoms with van der Waals surface area (Å²) in [7, 11) is 0. The fraction of sp³-hybridized carbons (Fsp3) is 0.951. The lowest BCUT2D eigenvalue weighted by Crippen LogP contribution is -2.32. The maximum atomic E-state index is 2.80. The Morgan fingerprint density at radius 2 is 0.902 bits per heavy atom. The SMILES string of the molecule is CC(C)CCC(C1=CC(C)CCC1C1CCC(C)CC1)C1CCC(C)CC1.CC1CCC(C2CCC(C)CC2)CC1. The van der Waals surface area contributed by atoms with Gasteiger partial charge in [0.15, 0.2) is 0 Å². The van der Waals surface area contributed by atoms with Gasteiger partial charge in [0.1, 0.15) is 0 Å². The van der Waals surface area contributed by atoms with Gasteiger partial charge in [0.2, 0.25) is 0 Å². The van der Waals surface area contributed by atoms with Gasteiger partial charge in [-0.2, -0.15) is 0 Å². The van der Waals surface area contributed by atoms with Crippen LogP contribution in [0, 0.1) is 71.0 Å². The summed E-state index contributed by atoms with van der Waals surface area (Å²) in [6, 6.07) is 0. The first kappa shape index (κ1) is 33.6. The summed E-state index contributed by atoms with van der Waals surface area (Å²) < 4.78 is 0. The first-order valence-corrected chi connectivity index (χ1v) is 19.4. The van der Waals surface area contributed by atoms with Crippen LogP contribution in [0.5, 0.6) is 0 Å². The van der Waals surface area contributed by atoms with Gasteiger partial charge in [-0.1, -0.05) is 118 Å². The van der Waals surface area contributed by atoms with Crippen molar-refractivity contribution in [3.05, 3.63) is 11.6 Å². The molecule has 0 amide bonds. The zero-order valence-electron chi connectivity index (χ0n) is 29.1. The van der Waals surface area contributed by atoms with Gasteiger partial charge >= 0.3 is 0 Å². The van der Waals surface area contributed by atoms with Crippen LogP contribution in [-0.2, 0) is 0 Å². The Kier molecular flexibility index (Phi) is 13.7. The molecular weight excluding hydrogens is 492 g/mol. The van der Waals surface area contributed by atoms with E-state index in [9.17, 15) is 0 Å². The Hall–Kier alpha value is -0.260. The van der Waals surface area contributed by atoms with E-state index in [1.807, 2.05) is 5.57 Å². The molecule has 5 aliphatic rings. The summed E-state index contributed by atoms with van der Waals surface area (Å²) in [6.07, 6.45) is 32.8. The minimum Gasteiger partial charge on any atom is -0.0819 e. The number of allylic oxidation sites excluding steroid dienone is 2. The lowest BCUT2D eigenvalue weighted by molar-refractivity contribution is 0.155. The maximum Gasteiger partial charge on any atom is -0.0172 e. The van der Waals surface area contributed by atoms with E-state index in [0.29, 0.717) is 0 Å². The monoisotopic (exact) mass is 567 g/mol. The minimum atomic E-state index is 0.822. The summed E-state index contributed by atoms with van der Waals surface area (Å²) in [5.74, 6) is 11.7. The van der Waals surface area contributed by atoms with Crippen LogP contribution in [-0.4, -0.2) is 0 Å². The van der Waals surface area contributed by atoms with Gasteiger partial charge in [-0.05, 0) is 142 Å². The molecule has 0 spiro atoms. The van der Waals surface area contributed by atoms with Crippen molar-refractivity contribution in [2.45, 2.75) is 177 Å². The molecule has 41 heavy (non-hydrogen) atoms. The van der Waals surface area contributed by atoms with Gasteiger partial charge < -0.3 is 0 Å². The van der Waals surface area contributed by atoms with E-state index in [0.717, 1.165) is 71.0 Å². The molecule has 5 aliphatic carbocycles. The summed E-state index contributed by atoms with van der Waals surface area (Å²) in [4.78, 5) is 0. The Morgan fingerprint density at radius 3 is 1.34 bits per heavy atom. The first-order valence-electron chi connectivity index (χ1n) is 19.4. The van der Waals surface area contributed by atoms with Crippen molar-refractivity contribution in [1.29, 1.82) is 0 Å². The third kappa shape index (κ3) is 10.4. The van der Waals surface area contributed by atoms with Crippen LogP contribution in [0.3, 0.4) is 0 Å². The van der Waals surface area contributed by atoms with Crippen molar-refractivity contribution in [1.82, 2.24) is 0 Å². The van der Waals surface area contributed by atoms with E-state index in [2.05, 4.69) is 54.5 Å². The van der Waals surface area contributed by atoms with Gasteiger partial charge in [-0.15, -0.1) is 0 Å². The number of hydrogen-bond donors (Lipinski definition) is 0. The first-order chi connectivity index (χ1) is 19.7. The Labute approximate surface area is 259 Å². The lowest BCUT2D eigenvalue weighted by Gasteiger charge is -2.43. The van der Waals surface area contributed by atoms with E-state index >= 15 is 0 Å². The fourth-order valence-electron chi connectivity index (χ4n) is 10.1. The number of rotatable bonds is 7. The summed E-state index contributed by atoms with van der Waals surface area (Å²) in [6.45, 7) is 17.2. The molecule has 0 aromatic rings. The zero-order chi connectivity index (χ0) is 29.4. The molecule has 0 aromatic heterocycles. The summed E-state index contributed by atoms with van der Waals surface area (Å²) in [5, 5.41) is 0. The second kappa shape index (κ2) is 16.7. The zero-order valence-corrected chi connectivity index (χ0v) is 29.1. The third-order valence-electron chi connectivity index (χ3n) is 13.4. The third-order valence-corrected chi connectivity index (χ3v) is 13.4. The minimum absolute atomic E-state index is 0.822. The largest absolute Gasteiger partial charge is 0.0819 e. The molecule has 0 nitrogen and oxygen atoms in total. The van der Waals surface area contributed by atoms with Crippen LogP contribution in [0.1, 0.15) is 177 Å². The Morgan fingerprint density at radius 1 is 0.488 bits per heavy atom. The van der Waals surface area contributed by atoms with Crippen molar-refractivity contribution >= 4 is 0 Å². The number of hydrogen-bond acceptors (Lipinski definition) is 0. The topological polar surface area (TPSA) is 0 Å². The lowest BCUT2D eigenvalue weighted by atomic mass is 9.62. The van der Waals surface area contributed by atoms with E-state index in [1.165, 1.54) is 103 Å². The smallest absolute Gasteiger partial charge is 0.0172 e. The van der Waals surface area contributed by atoms with Crippen LogP contribution in [0.4, 0.5) is 0 Å². The van der Waals surface area contributed by atoms with Crippen molar-refractivity contribution < 1.29 is 0 Å². The van der Waals surface area contributed by atoms with Crippen LogP contribution in [0.25, 0.3) is 0 Å². The van der Waals surface area contributed by atoms with Crippen LogP contribution >= 0.6 is 0 Å². The molecule has 0 heteroatoms. The van der Waals surface area contributed by atoms with E-state index < -0.39 is 0 Å². The summed E-state index contributed by atoms with van der Waals surface area (Å²) in [5.41, 5.74) is 1.97. The molecular formula is C41H74. The average Bonchev–Trinajstić information content (AvgIpc) is 2.96. The van der Waals surface area contributed by atoms with Crippen molar-refractivity contribution in [3.63, 3.8) is 0 Å². The van der Waals surface area contributed by atoms with Crippen LogP contribution < -0.4 is 0 Å². The second-order valence-corrected chi connectivity index (χ2v) is 17.5. The molecule has 0 N–H and O–H groups in total. The molecule has 0 bridgehead atoms. The highest BCUT2D eigenvalue weighted by Gasteiger charge is 2.37. The highest BCUT2D eigenvalue weighted by Crippen LogP contribution is 2.49. The van der Waals surface area contributed by atoms with Crippen LogP contribution in [0.2, 0.25) is 0 Å². The predicted octanol–water partition coefficient (Wildman–Crippen LogP) is 13.3. The maximum absolute atomic E-state index is 2.80. The molecule has 0 aromatic carbocycles. The Bertz CT molecular complexity index is 708.